The molecule has 0 fully saturated rings. The lowest BCUT2D eigenvalue weighted by molar-refractivity contribution is 0.140. The predicted octanol–water partition coefficient (Wildman–Crippen LogP) is 3.32. The van der Waals surface area contributed by atoms with Crippen LogP contribution in [0.15, 0.2) is 32.6 Å². The lowest BCUT2D eigenvalue weighted by Gasteiger charge is -2.13. The Balaban J connectivity index is 2.34. The summed E-state index contributed by atoms with van der Waals surface area (Å²) in [6.45, 7) is 4.52. The van der Waals surface area contributed by atoms with Crippen LogP contribution in [0.2, 0.25) is 0 Å². The van der Waals surface area contributed by atoms with Crippen LogP contribution in [0.3, 0.4) is 0 Å². The van der Waals surface area contributed by atoms with E-state index in [4.69, 9.17) is 9.47 Å². The van der Waals surface area contributed by atoms with Gasteiger partial charge in [0.15, 0.2) is 5.16 Å². The lowest BCUT2D eigenvalue weighted by Crippen LogP contribution is -2.24. The molecule has 1 heterocycles. The SMILES string of the molecule is CCOCCCn1c(SCCOC)nc2ccc(Br)cc2c1=O. The number of hydrogen-bond donors (Lipinski definition) is 0. The van der Waals surface area contributed by atoms with Crippen molar-refractivity contribution in [2.75, 3.05) is 32.7 Å². The number of aromatic nitrogens is 2. The molecule has 0 bridgehead atoms. The standard InChI is InChI=1S/C16H21BrN2O3S/c1-3-22-8-4-7-19-15(20)13-11-12(17)5-6-14(13)18-16(19)23-10-9-21-2/h5-6,11H,3-4,7-10H2,1-2H3. The van der Waals surface area contributed by atoms with Gasteiger partial charge in [0.2, 0.25) is 0 Å². The number of hydrogen-bond acceptors (Lipinski definition) is 5. The van der Waals surface area contributed by atoms with Gasteiger partial charge in [-0.1, -0.05) is 27.7 Å². The van der Waals surface area contributed by atoms with Gasteiger partial charge in [0.25, 0.3) is 5.56 Å². The molecule has 0 N–H and O–H groups in total. The van der Waals surface area contributed by atoms with E-state index in [0.717, 1.165) is 27.3 Å². The van der Waals surface area contributed by atoms with Gasteiger partial charge in [-0.25, -0.2) is 4.98 Å². The van der Waals surface area contributed by atoms with Crippen molar-refractivity contribution in [1.82, 2.24) is 9.55 Å². The highest BCUT2D eigenvalue weighted by atomic mass is 79.9. The first-order valence-electron chi connectivity index (χ1n) is 7.57. The summed E-state index contributed by atoms with van der Waals surface area (Å²) < 4.78 is 13.1. The van der Waals surface area contributed by atoms with Gasteiger partial charge in [-0.2, -0.15) is 0 Å². The summed E-state index contributed by atoms with van der Waals surface area (Å²) in [6.07, 6.45) is 0.784. The van der Waals surface area contributed by atoms with Crippen LogP contribution >= 0.6 is 27.7 Å². The van der Waals surface area contributed by atoms with Gasteiger partial charge in [-0.05, 0) is 31.5 Å². The topological polar surface area (TPSA) is 53.4 Å². The van der Waals surface area contributed by atoms with E-state index in [0.29, 0.717) is 31.8 Å². The molecule has 0 amide bonds. The first-order valence-corrected chi connectivity index (χ1v) is 9.34. The molecule has 0 spiro atoms. The molecule has 0 aliphatic rings. The molecule has 126 valence electrons. The molecule has 7 heteroatoms. The molecule has 0 atom stereocenters. The van der Waals surface area contributed by atoms with Crippen LogP contribution in [0.4, 0.5) is 0 Å². The minimum atomic E-state index is -0.00675. The molecule has 0 unspecified atom stereocenters. The number of thioether (sulfide) groups is 1. The Kier molecular flexibility index (Phi) is 7.55. The number of halogens is 1. The van der Waals surface area contributed by atoms with Crippen molar-refractivity contribution in [3.8, 4) is 0 Å². The fourth-order valence-corrected chi connectivity index (χ4v) is 3.45. The van der Waals surface area contributed by atoms with E-state index in [1.807, 2.05) is 25.1 Å². The molecule has 23 heavy (non-hydrogen) atoms. The Morgan fingerprint density at radius 3 is 2.91 bits per heavy atom. The molecule has 1 aromatic heterocycles. The molecular weight excluding hydrogens is 380 g/mol. The maximum atomic E-state index is 12.8. The van der Waals surface area contributed by atoms with Crippen LogP contribution in [0.1, 0.15) is 13.3 Å². The number of benzene rings is 1. The number of methoxy groups -OCH3 is 1. The minimum Gasteiger partial charge on any atom is -0.384 e. The lowest BCUT2D eigenvalue weighted by atomic mass is 10.2. The monoisotopic (exact) mass is 400 g/mol. The van der Waals surface area contributed by atoms with E-state index >= 15 is 0 Å². The molecular formula is C16H21BrN2O3S. The largest absolute Gasteiger partial charge is 0.384 e. The summed E-state index contributed by atoms with van der Waals surface area (Å²) in [7, 11) is 1.67. The first kappa shape index (κ1) is 18.4. The van der Waals surface area contributed by atoms with Crippen LogP contribution in [0, 0.1) is 0 Å². The van der Waals surface area contributed by atoms with Gasteiger partial charge in [0, 0.05) is 37.1 Å². The summed E-state index contributed by atoms with van der Waals surface area (Å²) in [5.74, 6) is 0.760. The number of fused-ring (bicyclic) bond motifs is 1. The van der Waals surface area contributed by atoms with Crippen molar-refractivity contribution in [3.63, 3.8) is 0 Å². The van der Waals surface area contributed by atoms with Crippen molar-refractivity contribution in [1.29, 1.82) is 0 Å². The maximum Gasteiger partial charge on any atom is 0.262 e. The molecule has 0 saturated heterocycles. The third-order valence-corrected chi connectivity index (χ3v) is 4.71. The van der Waals surface area contributed by atoms with E-state index in [1.165, 1.54) is 0 Å². The zero-order chi connectivity index (χ0) is 16.7. The summed E-state index contributed by atoms with van der Waals surface area (Å²) in [5, 5.41) is 1.37. The number of rotatable bonds is 9. The second-order valence-corrected chi connectivity index (χ2v) is 6.88. The molecule has 5 nitrogen and oxygen atoms in total. The van der Waals surface area contributed by atoms with Gasteiger partial charge in [-0.15, -0.1) is 0 Å². The first-order chi connectivity index (χ1) is 11.2. The van der Waals surface area contributed by atoms with E-state index in [1.54, 1.807) is 23.4 Å². The third-order valence-electron chi connectivity index (χ3n) is 3.27. The Labute approximate surface area is 148 Å². The van der Waals surface area contributed by atoms with Crippen LogP contribution in [-0.4, -0.2) is 42.2 Å². The van der Waals surface area contributed by atoms with Crippen molar-refractivity contribution >= 4 is 38.6 Å². The molecule has 0 aliphatic heterocycles. The van der Waals surface area contributed by atoms with Crippen LogP contribution in [0.5, 0.6) is 0 Å². The Morgan fingerprint density at radius 1 is 1.35 bits per heavy atom. The van der Waals surface area contributed by atoms with Gasteiger partial charge in [0.05, 0.1) is 17.5 Å². The van der Waals surface area contributed by atoms with E-state index in [-0.39, 0.29) is 5.56 Å². The summed E-state index contributed by atoms with van der Waals surface area (Å²) in [6, 6.07) is 5.59. The van der Waals surface area contributed by atoms with Gasteiger partial charge < -0.3 is 9.47 Å². The summed E-state index contributed by atoms with van der Waals surface area (Å²) in [5.41, 5.74) is 0.715. The average molecular weight is 401 g/mol. The molecule has 0 saturated carbocycles. The van der Waals surface area contributed by atoms with Crippen molar-refractivity contribution in [2.45, 2.75) is 25.0 Å². The highest BCUT2D eigenvalue weighted by Gasteiger charge is 2.12. The van der Waals surface area contributed by atoms with Gasteiger partial charge >= 0.3 is 0 Å². The molecule has 0 aliphatic carbocycles. The molecule has 0 radical (unpaired) electrons. The quantitative estimate of drug-likeness (QED) is 0.367. The Hall–Kier alpha value is -0.890. The second-order valence-electron chi connectivity index (χ2n) is 4.90. The highest BCUT2D eigenvalue weighted by Crippen LogP contribution is 2.20. The number of ether oxygens (including phenoxy) is 2. The molecule has 1 aromatic carbocycles. The molecule has 2 rings (SSSR count). The average Bonchev–Trinajstić information content (AvgIpc) is 2.54. The van der Waals surface area contributed by atoms with Crippen LogP contribution in [0.25, 0.3) is 10.9 Å². The fraction of sp³-hybridized carbons (Fsp3) is 0.500. The fourth-order valence-electron chi connectivity index (χ4n) is 2.17. The van der Waals surface area contributed by atoms with Gasteiger partial charge in [0.1, 0.15) is 0 Å². The van der Waals surface area contributed by atoms with Gasteiger partial charge in [-0.3, -0.25) is 9.36 Å². The van der Waals surface area contributed by atoms with E-state index in [2.05, 4.69) is 20.9 Å². The Morgan fingerprint density at radius 2 is 2.17 bits per heavy atom. The summed E-state index contributed by atoms with van der Waals surface area (Å²) >= 11 is 4.96. The smallest absolute Gasteiger partial charge is 0.262 e. The summed E-state index contributed by atoms with van der Waals surface area (Å²) in [4.78, 5) is 17.5. The molecule has 2 aromatic rings. The second kappa shape index (κ2) is 9.42. The van der Waals surface area contributed by atoms with Crippen LogP contribution < -0.4 is 5.56 Å². The minimum absolute atomic E-state index is 0.00675. The Bertz CT molecular complexity index is 706. The highest BCUT2D eigenvalue weighted by molar-refractivity contribution is 9.10. The zero-order valence-corrected chi connectivity index (χ0v) is 15.8. The van der Waals surface area contributed by atoms with E-state index in [9.17, 15) is 4.79 Å². The van der Waals surface area contributed by atoms with Crippen LogP contribution in [-0.2, 0) is 16.0 Å². The van der Waals surface area contributed by atoms with Crippen molar-refractivity contribution in [2.24, 2.45) is 0 Å². The van der Waals surface area contributed by atoms with Crippen molar-refractivity contribution in [3.05, 3.63) is 33.0 Å². The van der Waals surface area contributed by atoms with E-state index < -0.39 is 0 Å². The maximum absolute atomic E-state index is 12.8. The zero-order valence-electron chi connectivity index (χ0n) is 13.4. The predicted molar refractivity (Wildman–Crippen MR) is 97.4 cm³/mol. The van der Waals surface area contributed by atoms with Crippen molar-refractivity contribution < 1.29 is 9.47 Å². The third kappa shape index (κ3) is 5.04. The number of nitrogens with zero attached hydrogens (tertiary/aromatic N) is 2. The normalized spacial score (nSPS) is 11.3.